The van der Waals surface area contributed by atoms with Gasteiger partial charge in [0, 0.05) is 12.7 Å². The number of rotatable bonds is 4. The largest absolute Gasteiger partial charge is 0.318 e. The topological polar surface area (TPSA) is 20.5 Å². The summed E-state index contributed by atoms with van der Waals surface area (Å²) in [5.74, 6) is -0.227. The van der Waals surface area contributed by atoms with Crippen molar-refractivity contribution >= 4 is 12.0 Å². The van der Waals surface area contributed by atoms with E-state index in [1.807, 2.05) is 30.6 Å². The van der Waals surface area contributed by atoms with E-state index in [-0.39, 0.29) is 22.7 Å². The fourth-order valence-electron chi connectivity index (χ4n) is 3.74. The highest BCUT2D eigenvalue weighted by molar-refractivity contribution is 5.87. The van der Waals surface area contributed by atoms with E-state index in [2.05, 4.69) is 68.5 Å². The van der Waals surface area contributed by atoms with Gasteiger partial charge in [-0.3, -0.25) is 4.99 Å². The van der Waals surface area contributed by atoms with Gasteiger partial charge in [-0.1, -0.05) is 58.9 Å². The van der Waals surface area contributed by atoms with Crippen LogP contribution in [0.25, 0.3) is 5.69 Å². The van der Waals surface area contributed by atoms with Crippen LogP contribution in [0.4, 0.5) is 10.1 Å². The van der Waals surface area contributed by atoms with Gasteiger partial charge >= 0.3 is 0 Å². The van der Waals surface area contributed by atoms with Gasteiger partial charge in [-0.25, -0.2) is 4.39 Å². The van der Waals surface area contributed by atoms with Crippen LogP contribution in [-0.4, -0.2) is 17.5 Å². The Kier molecular flexibility index (Phi) is 5.05. The number of aromatic nitrogens is 1. The summed E-state index contributed by atoms with van der Waals surface area (Å²) in [7, 11) is 0. The summed E-state index contributed by atoms with van der Waals surface area (Å²) in [4.78, 5) is 7.06. The first-order valence-electron chi connectivity index (χ1n) is 10.5. The van der Waals surface area contributed by atoms with Crippen molar-refractivity contribution in [2.24, 2.45) is 15.8 Å². The Morgan fingerprint density at radius 3 is 2.37 bits per heavy atom. The monoisotopic (exact) mass is 403 g/mol. The SMILES string of the molecule is CC(C)(C)C(C)(C)CN=CN1c2ccccc2-n2cccc2C1c1cccc(F)c1. The molecule has 0 amide bonds. The van der Waals surface area contributed by atoms with Gasteiger partial charge in [0.05, 0.1) is 23.4 Å². The number of anilines is 1. The first-order valence-corrected chi connectivity index (χ1v) is 10.5. The molecular weight excluding hydrogens is 373 g/mol. The van der Waals surface area contributed by atoms with Crippen LogP contribution in [-0.2, 0) is 0 Å². The fraction of sp³-hybridized carbons (Fsp3) is 0.346. The maximum absolute atomic E-state index is 14.1. The van der Waals surface area contributed by atoms with Crippen molar-refractivity contribution < 1.29 is 4.39 Å². The third-order valence-corrected chi connectivity index (χ3v) is 6.65. The Bertz CT molecular complexity index is 1070. The summed E-state index contributed by atoms with van der Waals surface area (Å²) in [6.07, 6.45) is 4.01. The standard InChI is InChI=1S/C26H30FN3/c1-25(2,3)26(4,5)17-28-18-30-22-13-7-6-12-21(22)29-15-9-14-23(29)24(30)19-10-8-11-20(27)16-19/h6-16,18,24H,17H2,1-5H3. The van der Waals surface area contributed by atoms with E-state index < -0.39 is 0 Å². The lowest BCUT2D eigenvalue weighted by Crippen LogP contribution is -2.36. The van der Waals surface area contributed by atoms with Crippen molar-refractivity contribution in [1.29, 1.82) is 0 Å². The summed E-state index contributed by atoms with van der Waals surface area (Å²) in [5, 5.41) is 0. The molecule has 156 valence electrons. The lowest BCUT2D eigenvalue weighted by Gasteiger charge is -2.39. The molecule has 3 nitrogen and oxygen atoms in total. The van der Waals surface area contributed by atoms with Gasteiger partial charge in [0.1, 0.15) is 11.9 Å². The fourth-order valence-corrected chi connectivity index (χ4v) is 3.74. The molecule has 3 aromatic rings. The number of hydrogen-bond acceptors (Lipinski definition) is 1. The Labute approximate surface area is 178 Å². The molecule has 1 atom stereocenters. The van der Waals surface area contributed by atoms with Crippen molar-refractivity contribution in [2.45, 2.75) is 40.7 Å². The number of para-hydroxylation sites is 2. The maximum atomic E-state index is 14.1. The Morgan fingerprint density at radius 1 is 0.933 bits per heavy atom. The highest BCUT2D eigenvalue weighted by atomic mass is 19.1. The normalized spacial score (nSPS) is 16.6. The van der Waals surface area contributed by atoms with Crippen LogP contribution < -0.4 is 4.90 Å². The zero-order chi connectivity index (χ0) is 21.5. The van der Waals surface area contributed by atoms with Crippen molar-refractivity contribution in [3.8, 4) is 5.69 Å². The van der Waals surface area contributed by atoms with Crippen LogP contribution in [0.5, 0.6) is 0 Å². The second-order valence-corrected chi connectivity index (χ2v) is 9.75. The second-order valence-electron chi connectivity index (χ2n) is 9.75. The second kappa shape index (κ2) is 7.42. The van der Waals surface area contributed by atoms with Crippen molar-refractivity contribution in [3.63, 3.8) is 0 Å². The Hall–Kier alpha value is -2.88. The molecular formula is C26H30FN3. The number of halogens is 1. The summed E-state index contributed by atoms with van der Waals surface area (Å²) < 4.78 is 16.3. The van der Waals surface area contributed by atoms with Crippen LogP contribution in [0.1, 0.15) is 51.9 Å². The zero-order valence-corrected chi connectivity index (χ0v) is 18.4. The van der Waals surface area contributed by atoms with Gasteiger partial charge in [0.15, 0.2) is 0 Å². The van der Waals surface area contributed by atoms with E-state index in [1.165, 1.54) is 6.07 Å². The van der Waals surface area contributed by atoms with E-state index >= 15 is 0 Å². The molecule has 0 N–H and O–H groups in total. The molecule has 1 unspecified atom stereocenters. The van der Waals surface area contributed by atoms with E-state index in [0.717, 1.165) is 22.6 Å². The molecule has 2 heterocycles. The Morgan fingerprint density at radius 2 is 1.67 bits per heavy atom. The Balaban J connectivity index is 1.80. The minimum absolute atomic E-state index is 0.0490. The molecule has 0 saturated heterocycles. The van der Waals surface area contributed by atoms with Crippen molar-refractivity contribution in [2.75, 3.05) is 11.4 Å². The van der Waals surface area contributed by atoms with E-state index in [9.17, 15) is 4.39 Å². The molecule has 1 aromatic heterocycles. The van der Waals surface area contributed by atoms with Crippen molar-refractivity contribution in [1.82, 2.24) is 4.57 Å². The summed E-state index contributed by atoms with van der Waals surface area (Å²) in [5.41, 5.74) is 4.36. The number of aliphatic imine (C=N–C) groups is 1. The predicted octanol–water partition coefficient (Wildman–Crippen LogP) is 6.63. The molecule has 4 rings (SSSR count). The molecule has 0 saturated carbocycles. The molecule has 0 aliphatic carbocycles. The first-order chi connectivity index (χ1) is 14.2. The molecule has 1 aliphatic heterocycles. The third-order valence-electron chi connectivity index (χ3n) is 6.65. The molecule has 1 aliphatic rings. The average Bonchev–Trinajstić information content (AvgIpc) is 3.16. The zero-order valence-electron chi connectivity index (χ0n) is 18.4. The molecule has 0 fully saturated rings. The average molecular weight is 404 g/mol. The summed E-state index contributed by atoms with van der Waals surface area (Å²) in [6, 6.07) is 19.2. The smallest absolute Gasteiger partial charge is 0.123 e. The van der Waals surface area contributed by atoms with Gasteiger partial charge in [-0.15, -0.1) is 0 Å². The van der Waals surface area contributed by atoms with E-state index in [4.69, 9.17) is 4.99 Å². The molecule has 0 spiro atoms. The van der Waals surface area contributed by atoms with Crippen LogP contribution in [0.3, 0.4) is 0 Å². The van der Waals surface area contributed by atoms with Gasteiger partial charge in [0.25, 0.3) is 0 Å². The first kappa shape index (κ1) is 20.4. The number of hydrogen-bond donors (Lipinski definition) is 0. The van der Waals surface area contributed by atoms with Gasteiger partial charge < -0.3 is 9.47 Å². The highest BCUT2D eigenvalue weighted by Crippen LogP contribution is 2.42. The van der Waals surface area contributed by atoms with Crippen LogP contribution in [0.2, 0.25) is 0 Å². The van der Waals surface area contributed by atoms with Crippen molar-refractivity contribution in [3.05, 3.63) is 83.9 Å². The van der Waals surface area contributed by atoms with Crippen LogP contribution >= 0.6 is 0 Å². The highest BCUT2D eigenvalue weighted by Gasteiger charge is 2.34. The van der Waals surface area contributed by atoms with Gasteiger partial charge in [-0.2, -0.15) is 0 Å². The molecule has 30 heavy (non-hydrogen) atoms. The quantitative estimate of drug-likeness (QED) is 0.354. The molecule has 0 radical (unpaired) electrons. The summed E-state index contributed by atoms with van der Waals surface area (Å²) >= 11 is 0. The minimum atomic E-state index is -0.227. The maximum Gasteiger partial charge on any atom is 0.123 e. The van der Waals surface area contributed by atoms with E-state index in [0.29, 0.717) is 6.54 Å². The predicted molar refractivity (Wildman–Crippen MR) is 123 cm³/mol. The van der Waals surface area contributed by atoms with Crippen LogP contribution in [0, 0.1) is 16.6 Å². The lowest BCUT2D eigenvalue weighted by molar-refractivity contribution is 0.143. The molecule has 4 heteroatoms. The van der Waals surface area contributed by atoms with Gasteiger partial charge in [-0.05, 0) is 52.8 Å². The van der Waals surface area contributed by atoms with E-state index in [1.54, 1.807) is 12.1 Å². The summed E-state index contributed by atoms with van der Waals surface area (Å²) in [6.45, 7) is 12.0. The minimum Gasteiger partial charge on any atom is -0.318 e. The van der Waals surface area contributed by atoms with Crippen LogP contribution in [0.15, 0.2) is 71.9 Å². The molecule has 0 bridgehead atoms. The molecule has 2 aromatic carbocycles. The number of nitrogens with zero attached hydrogens (tertiary/aromatic N) is 3. The number of benzene rings is 2. The number of fused-ring (bicyclic) bond motifs is 3. The lowest BCUT2D eigenvalue weighted by atomic mass is 9.69. The third kappa shape index (κ3) is 3.55. The van der Waals surface area contributed by atoms with Gasteiger partial charge in [0.2, 0.25) is 0 Å².